The van der Waals surface area contributed by atoms with E-state index in [0.29, 0.717) is 6.42 Å². The fourth-order valence-electron chi connectivity index (χ4n) is 1.26. The number of nitrogens with zero attached hydrogens (tertiary/aromatic N) is 2. The quantitative estimate of drug-likeness (QED) is 0.674. The minimum Gasteiger partial charge on any atom is -0.349 e. The minimum atomic E-state index is 0.204. The van der Waals surface area contributed by atoms with E-state index in [-0.39, 0.29) is 11.9 Å². The van der Waals surface area contributed by atoms with E-state index in [1.165, 1.54) is 0 Å². The van der Waals surface area contributed by atoms with E-state index in [9.17, 15) is 4.79 Å². The molecule has 0 aromatic rings. The van der Waals surface area contributed by atoms with Crippen molar-refractivity contribution in [1.82, 2.24) is 9.80 Å². The molecule has 1 unspecified atom stereocenters. The van der Waals surface area contributed by atoms with Crippen molar-refractivity contribution in [3.63, 3.8) is 0 Å². The highest BCUT2D eigenvalue weighted by atomic mass is 16.2. The third-order valence-electron chi connectivity index (χ3n) is 2.40. The number of amides is 1. The third kappa shape index (κ3) is 8.39. The summed E-state index contributed by atoms with van der Waals surface area (Å²) < 4.78 is 0. The van der Waals surface area contributed by atoms with Crippen LogP contribution in [0, 0.1) is 0 Å². The van der Waals surface area contributed by atoms with Crippen molar-refractivity contribution in [3.05, 3.63) is 0 Å². The van der Waals surface area contributed by atoms with Gasteiger partial charge < -0.3 is 15.5 Å². The van der Waals surface area contributed by atoms with E-state index in [1.807, 2.05) is 6.92 Å². The molecule has 1 atom stereocenters. The second-order valence-electron chi connectivity index (χ2n) is 4.46. The van der Waals surface area contributed by atoms with Gasteiger partial charge in [0.05, 0.1) is 0 Å². The zero-order chi connectivity index (χ0) is 11.8. The molecule has 0 fully saturated rings. The Bertz CT molecular complexity index is 181. The topological polar surface area (TPSA) is 49.6 Å². The lowest BCUT2D eigenvalue weighted by atomic mass is 10.2. The highest BCUT2D eigenvalue weighted by Gasteiger charge is 2.05. The summed E-state index contributed by atoms with van der Waals surface area (Å²) in [7, 11) is 5.66. The number of carbonyl (C=O) groups is 1. The van der Waals surface area contributed by atoms with Gasteiger partial charge in [0.15, 0.2) is 0 Å². The van der Waals surface area contributed by atoms with E-state index in [4.69, 9.17) is 5.73 Å². The molecule has 0 spiro atoms. The predicted molar refractivity (Wildman–Crippen MR) is 63.7 cm³/mol. The van der Waals surface area contributed by atoms with Gasteiger partial charge in [-0.15, -0.1) is 0 Å². The maximum Gasteiger partial charge on any atom is 0.222 e. The normalized spacial score (nSPS) is 12.9. The van der Waals surface area contributed by atoms with Gasteiger partial charge in [-0.25, -0.2) is 0 Å². The summed E-state index contributed by atoms with van der Waals surface area (Å²) in [6.07, 6.45) is 2.57. The van der Waals surface area contributed by atoms with Crippen LogP contribution < -0.4 is 5.73 Å². The Morgan fingerprint density at radius 1 is 1.27 bits per heavy atom. The number of rotatable bonds is 7. The molecule has 0 rings (SSSR count). The van der Waals surface area contributed by atoms with E-state index >= 15 is 0 Å². The SMILES string of the molecule is CC(N)CCN(C)CCCC(=O)N(C)C. The highest BCUT2D eigenvalue weighted by Crippen LogP contribution is 1.97. The molecule has 2 N–H and O–H groups in total. The first-order valence-corrected chi connectivity index (χ1v) is 5.57. The van der Waals surface area contributed by atoms with Gasteiger partial charge in [-0.05, 0) is 39.9 Å². The van der Waals surface area contributed by atoms with Crippen LogP contribution in [0.2, 0.25) is 0 Å². The third-order valence-corrected chi connectivity index (χ3v) is 2.40. The van der Waals surface area contributed by atoms with Gasteiger partial charge in [0, 0.05) is 26.6 Å². The second kappa shape index (κ2) is 7.65. The summed E-state index contributed by atoms with van der Waals surface area (Å²) in [6.45, 7) is 3.99. The molecule has 1 amide bonds. The van der Waals surface area contributed by atoms with Gasteiger partial charge in [-0.3, -0.25) is 4.79 Å². The summed E-state index contributed by atoms with van der Waals surface area (Å²) >= 11 is 0. The molecular formula is C11H25N3O. The van der Waals surface area contributed by atoms with Crippen molar-refractivity contribution < 1.29 is 4.79 Å². The van der Waals surface area contributed by atoms with Crippen molar-refractivity contribution in [3.8, 4) is 0 Å². The summed E-state index contributed by atoms with van der Waals surface area (Å²) in [5.74, 6) is 0.204. The molecule has 0 aliphatic carbocycles. The first-order chi connectivity index (χ1) is 6.93. The smallest absolute Gasteiger partial charge is 0.222 e. The summed E-state index contributed by atoms with van der Waals surface area (Å²) in [5.41, 5.74) is 5.67. The van der Waals surface area contributed by atoms with E-state index < -0.39 is 0 Å². The fourth-order valence-corrected chi connectivity index (χ4v) is 1.26. The molecular weight excluding hydrogens is 190 g/mol. The van der Waals surface area contributed by atoms with E-state index in [0.717, 1.165) is 25.9 Å². The summed E-state index contributed by atoms with van der Waals surface area (Å²) in [5, 5.41) is 0. The number of hydrogen-bond donors (Lipinski definition) is 1. The van der Waals surface area contributed by atoms with Crippen LogP contribution in [0.3, 0.4) is 0 Å². The zero-order valence-corrected chi connectivity index (χ0v) is 10.5. The van der Waals surface area contributed by atoms with Gasteiger partial charge in [-0.2, -0.15) is 0 Å². The molecule has 0 aliphatic rings. The van der Waals surface area contributed by atoms with Crippen molar-refractivity contribution in [2.24, 2.45) is 5.73 Å². The average molecular weight is 215 g/mol. The van der Waals surface area contributed by atoms with Crippen LogP contribution in [0.5, 0.6) is 0 Å². The molecule has 15 heavy (non-hydrogen) atoms. The lowest BCUT2D eigenvalue weighted by Crippen LogP contribution is -2.28. The van der Waals surface area contributed by atoms with Crippen LogP contribution in [0.4, 0.5) is 0 Å². The molecule has 0 aliphatic heterocycles. The number of carbonyl (C=O) groups excluding carboxylic acids is 1. The fraction of sp³-hybridized carbons (Fsp3) is 0.909. The number of nitrogens with two attached hydrogens (primary N) is 1. The van der Waals surface area contributed by atoms with E-state index in [2.05, 4.69) is 11.9 Å². The molecule has 0 aromatic heterocycles. The lowest BCUT2D eigenvalue weighted by Gasteiger charge is -2.18. The molecule has 0 saturated heterocycles. The van der Waals surface area contributed by atoms with Crippen molar-refractivity contribution in [2.75, 3.05) is 34.2 Å². The van der Waals surface area contributed by atoms with Crippen molar-refractivity contribution in [1.29, 1.82) is 0 Å². The predicted octanol–water partition coefficient (Wildman–Crippen LogP) is 0.524. The molecule has 0 aromatic carbocycles. The first-order valence-electron chi connectivity index (χ1n) is 5.57. The van der Waals surface area contributed by atoms with Crippen molar-refractivity contribution >= 4 is 5.91 Å². The number of hydrogen-bond acceptors (Lipinski definition) is 3. The Labute approximate surface area is 93.4 Å². The first kappa shape index (κ1) is 14.4. The molecule has 0 heterocycles. The van der Waals surface area contributed by atoms with E-state index in [1.54, 1.807) is 19.0 Å². The van der Waals surface area contributed by atoms with Gasteiger partial charge in [-0.1, -0.05) is 0 Å². The Morgan fingerprint density at radius 2 is 1.87 bits per heavy atom. The Hall–Kier alpha value is -0.610. The van der Waals surface area contributed by atoms with Crippen LogP contribution in [0.1, 0.15) is 26.2 Å². The summed E-state index contributed by atoms with van der Waals surface area (Å²) in [6, 6.07) is 0.260. The maximum atomic E-state index is 11.3. The Balaban J connectivity index is 3.46. The maximum absolute atomic E-state index is 11.3. The zero-order valence-electron chi connectivity index (χ0n) is 10.5. The molecule has 0 bridgehead atoms. The molecule has 0 radical (unpaired) electrons. The largest absolute Gasteiger partial charge is 0.349 e. The highest BCUT2D eigenvalue weighted by molar-refractivity contribution is 5.75. The minimum absolute atomic E-state index is 0.204. The molecule has 0 saturated carbocycles. The summed E-state index contributed by atoms with van der Waals surface area (Å²) in [4.78, 5) is 15.1. The van der Waals surface area contributed by atoms with Gasteiger partial charge in [0.2, 0.25) is 5.91 Å². The van der Waals surface area contributed by atoms with Crippen LogP contribution >= 0.6 is 0 Å². The van der Waals surface area contributed by atoms with Gasteiger partial charge >= 0.3 is 0 Å². The van der Waals surface area contributed by atoms with Gasteiger partial charge in [0.1, 0.15) is 0 Å². The van der Waals surface area contributed by atoms with Crippen LogP contribution in [-0.4, -0.2) is 56.0 Å². The molecule has 90 valence electrons. The lowest BCUT2D eigenvalue weighted by molar-refractivity contribution is -0.128. The van der Waals surface area contributed by atoms with Crippen LogP contribution in [0.25, 0.3) is 0 Å². The molecule has 4 heteroatoms. The van der Waals surface area contributed by atoms with Gasteiger partial charge in [0.25, 0.3) is 0 Å². The molecule has 4 nitrogen and oxygen atoms in total. The van der Waals surface area contributed by atoms with Crippen LogP contribution in [0.15, 0.2) is 0 Å². The second-order valence-corrected chi connectivity index (χ2v) is 4.46. The van der Waals surface area contributed by atoms with Crippen LogP contribution in [-0.2, 0) is 4.79 Å². The standard InChI is InChI=1S/C11H25N3O/c1-10(12)7-9-14(4)8-5-6-11(15)13(2)3/h10H,5-9,12H2,1-4H3. The average Bonchev–Trinajstić information content (AvgIpc) is 2.14. The Morgan fingerprint density at radius 3 is 2.33 bits per heavy atom. The van der Waals surface area contributed by atoms with Crippen molar-refractivity contribution in [2.45, 2.75) is 32.2 Å². The Kier molecular flexibility index (Phi) is 7.34. The monoisotopic (exact) mass is 215 g/mol.